The average Bonchev–Trinajstić information content (AvgIpc) is 2.33. The van der Waals surface area contributed by atoms with Gasteiger partial charge >= 0.3 is 7.12 Å². The molecule has 2 rings (SSSR count). The minimum atomic E-state index is -1.46. The van der Waals surface area contributed by atoms with Crippen molar-refractivity contribution in [2.45, 2.75) is 13.5 Å². The van der Waals surface area contributed by atoms with Gasteiger partial charge in [0, 0.05) is 12.3 Å². The van der Waals surface area contributed by atoms with Gasteiger partial charge in [-0.15, -0.1) is 0 Å². The van der Waals surface area contributed by atoms with Gasteiger partial charge in [-0.3, -0.25) is 4.79 Å². The van der Waals surface area contributed by atoms with Gasteiger partial charge in [0.2, 0.25) is 0 Å². The molecule has 0 unspecified atom stereocenters. The van der Waals surface area contributed by atoms with E-state index in [1.165, 1.54) is 0 Å². The third kappa shape index (κ3) is 2.88. The molecule has 1 aromatic heterocycles. The van der Waals surface area contributed by atoms with Crippen molar-refractivity contribution in [1.29, 1.82) is 0 Å². The maximum atomic E-state index is 11.7. The van der Waals surface area contributed by atoms with Crippen molar-refractivity contribution in [3.05, 3.63) is 64.1 Å². The summed E-state index contributed by atoms with van der Waals surface area (Å²) in [5.74, 6) is 0. The lowest BCUT2D eigenvalue weighted by Crippen LogP contribution is -2.29. The summed E-state index contributed by atoms with van der Waals surface area (Å²) in [6.45, 7) is 2.35. The Morgan fingerprint density at radius 2 is 1.83 bits per heavy atom. The van der Waals surface area contributed by atoms with E-state index in [1.54, 1.807) is 41.1 Å². The number of pyridine rings is 1. The van der Waals surface area contributed by atoms with Crippen LogP contribution in [0.5, 0.6) is 0 Å². The van der Waals surface area contributed by atoms with Gasteiger partial charge in [-0.1, -0.05) is 24.3 Å². The van der Waals surface area contributed by atoms with Crippen LogP contribution in [-0.4, -0.2) is 21.7 Å². The van der Waals surface area contributed by atoms with E-state index in [4.69, 9.17) is 10.0 Å². The maximum Gasteiger partial charge on any atom is 0.488 e. The molecule has 0 aliphatic rings. The third-order valence-corrected chi connectivity index (χ3v) is 2.78. The lowest BCUT2D eigenvalue weighted by Gasteiger charge is -2.07. The molecule has 1 aromatic carbocycles. The molecular weight excluding hydrogens is 229 g/mol. The molecule has 0 atom stereocenters. The molecule has 0 bridgehead atoms. The van der Waals surface area contributed by atoms with Gasteiger partial charge in [0.15, 0.2) is 0 Å². The highest BCUT2D eigenvalue weighted by Crippen LogP contribution is 2.00. The van der Waals surface area contributed by atoms with E-state index >= 15 is 0 Å². The Bertz CT molecular complexity index is 590. The van der Waals surface area contributed by atoms with Gasteiger partial charge in [0.1, 0.15) is 0 Å². The number of hydrogen-bond acceptors (Lipinski definition) is 3. The molecule has 0 saturated carbocycles. The molecule has 0 fully saturated rings. The Kier molecular flexibility index (Phi) is 3.65. The van der Waals surface area contributed by atoms with Crippen LogP contribution in [0.4, 0.5) is 0 Å². The van der Waals surface area contributed by atoms with Gasteiger partial charge in [0.25, 0.3) is 5.56 Å². The van der Waals surface area contributed by atoms with Crippen molar-refractivity contribution in [3.8, 4) is 0 Å². The molecule has 5 heteroatoms. The fraction of sp³-hybridized carbons (Fsp3) is 0.154. The fourth-order valence-electron chi connectivity index (χ4n) is 1.73. The fourth-order valence-corrected chi connectivity index (χ4v) is 1.73. The van der Waals surface area contributed by atoms with Crippen molar-refractivity contribution in [1.82, 2.24) is 4.57 Å². The lowest BCUT2D eigenvalue weighted by atomic mass is 9.80. The van der Waals surface area contributed by atoms with Crippen LogP contribution in [-0.2, 0) is 6.54 Å². The molecule has 18 heavy (non-hydrogen) atoms. The molecule has 0 amide bonds. The summed E-state index contributed by atoms with van der Waals surface area (Å²) in [5, 5.41) is 18.0. The van der Waals surface area contributed by atoms with Crippen molar-refractivity contribution in [2.24, 2.45) is 0 Å². The number of hydrogen-bond donors (Lipinski definition) is 2. The SMILES string of the molecule is Cc1ccn(Cc2ccc(B(O)O)cc2)c(=O)c1. The molecule has 92 valence electrons. The van der Waals surface area contributed by atoms with Crippen LogP contribution in [0.3, 0.4) is 0 Å². The van der Waals surface area contributed by atoms with Gasteiger partial charge in [-0.05, 0) is 29.6 Å². The Hall–Kier alpha value is -1.85. The van der Waals surface area contributed by atoms with E-state index in [2.05, 4.69) is 0 Å². The molecule has 0 spiro atoms. The molecule has 2 aromatic rings. The third-order valence-electron chi connectivity index (χ3n) is 2.78. The highest BCUT2D eigenvalue weighted by Gasteiger charge is 2.09. The summed E-state index contributed by atoms with van der Waals surface area (Å²) in [7, 11) is -1.46. The number of rotatable bonds is 3. The molecule has 0 saturated heterocycles. The topological polar surface area (TPSA) is 62.5 Å². The second-order valence-electron chi connectivity index (χ2n) is 4.29. The lowest BCUT2D eigenvalue weighted by molar-refractivity contribution is 0.426. The Morgan fingerprint density at radius 1 is 1.17 bits per heavy atom. The zero-order chi connectivity index (χ0) is 13.1. The van der Waals surface area contributed by atoms with E-state index in [0.29, 0.717) is 12.0 Å². The van der Waals surface area contributed by atoms with E-state index < -0.39 is 7.12 Å². The highest BCUT2D eigenvalue weighted by molar-refractivity contribution is 6.58. The Labute approximate surface area is 105 Å². The standard InChI is InChI=1S/C13H14BNO3/c1-10-6-7-15(13(16)8-10)9-11-2-4-12(5-3-11)14(17)18/h2-8,17-18H,9H2,1H3. The summed E-state index contributed by atoms with van der Waals surface area (Å²) in [4.78, 5) is 11.7. The second-order valence-corrected chi connectivity index (χ2v) is 4.29. The predicted molar refractivity (Wildman–Crippen MR) is 70.8 cm³/mol. The smallest absolute Gasteiger partial charge is 0.423 e. The predicted octanol–water partition coefficient (Wildman–Crippen LogP) is -0.115. The summed E-state index contributed by atoms with van der Waals surface area (Å²) < 4.78 is 1.61. The Morgan fingerprint density at radius 3 is 2.39 bits per heavy atom. The van der Waals surface area contributed by atoms with Crippen molar-refractivity contribution < 1.29 is 10.0 Å². The van der Waals surface area contributed by atoms with Gasteiger partial charge in [-0.25, -0.2) is 0 Å². The number of nitrogens with zero attached hydrogens (tertiary/aromatic N) is 1. The number of aromatic nitrogens is 1. The first-order valence-corrected chi connectivity index (χ1v) is 5.68. The minimum Gasteiger partial charge on any atom is -0.423 e. The summed E-state index contributed by atoms with van der Waals surface area (Å²) in [6, 6.07) is 10.3. The molecular formula is C13H14BNO3. The van der Waals surface area contributed by atoms with Crippen LogP contribution >= 0.6 is 0 Å². The van der Waals surface area contributed by atoms with Gasteiger partial charge in [0.05, 0.1) is 6.54 Å². The second kappa shape index (κ2) is 5.20. The first-order chi connectivity index (χ1) is 8.56. The van der Waals surface area contributed by atoms with E-state index in [0.717, 1.165) is 11.1 Å². The van der Waals surface area contributed by atoms with Crippen LogP contribution in [0.2, 0.25) is 0 Å². The normalized spacial score (nSPS) is 10.4. The summed E-state index contributed by atoms with van der Waals surface area (Å²) in [6.07, 6.45) is 1.76. The van der Waals surface area contributed by atoms with Crippen molar-refractivity contribution in [3.63, 3.8) is 0 Å². The van der Waals surface area contributed by atoms with Gasteiger partial charge < -0.3 is 14.6 Å². The van der Waals surface area contributed by atoms with E-state index in [1.807, 2.05) is 13.0 Å². The quantitative estimate of drug-likeness (QED) is 0.739. The average molecular weight is 243 g/mol. The van der Waals surface area contributed by atoms with Gasteiger partial charge in [-0.2, -0.15) is 0 Å². The molecule has 4 nitrogen and oxygen atoms in total. The number of aryl methyl sites for hydroxylation is 1. The molecule has 0 aliphatic heterocycles. The minimum absolute atomic E-state index is 0.0405. The van der Waals surface area contributed by atoms with Crippen molar-refractivity contribution >= 4 is 12.6 Å². The van der Waals surface area contributed by atoms with Crippen LogP contribution in [0.25, 0.3) is 0 Å². The molecule has 0 radical (unpaired) electrons. The van der Waals surface area contributed by atoms with Crippen molar-refractivity contribution in [2.75, 3.05) is 0 Å². The van der Waals surface area contributed by atoms with Crippen LogP contribution in [0, 0.1) is 6.92 Å². The summed E-state index contributed by atoms with van der Waals surface area (Å²) in [5.41, 5.74) is 2.27. The first-order valence-electron chi connectivity index (χ1n) is 5.68. The summed E-state index contributed by atoms with van der Waals surface area (Å²) >= 11 is 0. The van der Waals surface area contributed by atoms with Crippen LogP contribution in [0.1, 0.15) is 11.1 Å². The largest absolute Gasteiger partial charge is 0.488 e. The Balaban J connectivity index is 2.21. The highest BCUT2D eigenvalue weighted by atomic mass is 16.4. The molecule has 1 heterocycles. The maximum absolute atomic E-state index is 11.7. The van der Waals surface area contributed by atoms with Crippen LogP contribution in [0.15, 0.2) is 47.4 Å². The van der Waals surface area contributed by atoms with Crippen LogP contribution < -0.4 is 11.0 Å². The zero-order valence-corrected chi connectivity index (χ0v) is 10.1. The monoisotopic (exact) mass is 243 g/mol. The molecule has 0 aliphatic carbocycles. The molecule has 2 N–H and O–H groups in total. The first kappa shape index (κ1) is 12.6. The van der Waals surface area contributed by atoms with E-state index in [-0.39, 0.29) is 5.56 Å². The van der Waals surface area contributed by atoms with E-state index in [9.17, 15) is 4.79 Å². The zero-order valence-electron chi connectivity index (χ0n) is 10.1. The number of benzene rings is 1.